The highest BCUT2D eigenvalue weighted by Gasteiger charge is 2.39. The molecule has 2 amide bonds. The number of carbonyl (C=O) groups excluding carboxylic acids is 2. The molecule has 0 bridgehead atoms. The van der Waals surface area contributed by atoms with Crippen molar-refractivity contribution in [2.24, 2.45) is 5.73 Å². The minimum atomic E-state index is -1.21. The Kier molecular flexibility index (Phi) is 3.27. The quantitative estimate of drug-likeness (QED) is 0.828. The van der Waals surface area contributed by atoms with Crippen LogP contribution < -0.4 is 5.73 Å². The van der Waals surface area contributed by atoms with E-state index in [-0.39, 0.29) is 18.7 Å². The molecule has 6 heteroatoms. The Morgan fingerprint density at radius 1 is 1.50 bits per heavy atom. The first-order valence-corrected chi connectivity index (χ1v) is 5.67. The third-order valence-corrected chi connectivity index (χ3v) is 2.95. The highest BCUT2D eigenvalue weighted by molar-refractivity contribution is 5.96. The van der Waals surface area contributed by atoms with Crippen molar-refractivity contribution in [2.75, 3.05) is 6.54 Å². The van der Waals surface area contributed by atoms with Gasteiger partial charge in [0.05, 0.1) is 6.54 Å². The zero-order valence-electron chi connectivity index (χ0n) is 9.97. The van der Waals surface area contributed by atoms with Crippen LogP contribution >= 0.6 is 0 Å². The number of halogens is 1. The molecule has 0 aliphatic carbocycles. The molecule has 0 spiro atoms. The van der Waals surface area contributed by atoms with Crippen LogP contribution in [0.4, 0.5) is 4.39 Å². The lowest BCUT2D eigenvalue weighted by molar-refractivity contribution is -0.121. The van der Waals surface area contributed by atoms with E-state index in [1.54, 1.807) is 25.1 Å². The number of alkyl halides is 1. The topological polar surface area (TPSA) is 76.3 Å². The van der Waals surface area contributed by atoms with E-state index in [1.807, 2.05) is 0 Å². The van der Waals surface area contributed by atoms with Gasteiger partial charge in [-0.1, -0.05) is 6.07 Å². The molecule has 0 saturated carbocycles. The van der Waals surface area contributed by atoms with Crippen LogP contribution in [0, 0.1) is 6.92 Å². The molecule has 0 radical (unpaired) electrons. The van der Waals surface area contributed by atoms with E-state index in [9.17, 15) is 14.0 Å². The van der Waals surface area contributed by atoms with Gasteiger partial charge in [0.1, 0.15) is 17.9 Å². The highest BCUT2D eigenvalue weighted by atomic mass is 19.1. The van der Waals surface area contributed by atoms with Crippen molar-refractivity contribution in [1.29, 1.82) is 0 Å². The van der Waals surface area contributed by atoms with Gasteiger partial charge in [0, 0.05) is 12.1 Å². The maximum absolute atomic E-state index is 13.3. The van der Waals surface area contributed by atoms with Gasteiger partial charge < -0.3 is 10.6 Å². The third-order valence-electron chi connectivity index (χ3n) is 2.95. The maximum atomic E-state index is 13.3. The molecule has 18 heavy (non-hydrogen) atoms. The van der Waals surface area contributed by atoms with Gasteiger partial charge in [0.2, 0.25) is 5.91 Å². The molecule has 1 aromatic heterocycles. The molecule has 1 aromatic rings. The summed E-state index contributed by atoms with van der Waals surface area (Å²) in [7, 11) is 0. The number of pyridine rings is 1. The average Bonchev–Trinajstić information content (AvgIpc) is 2.70. The van der Waals surface area contributed by atoms with Crippen molar-refractivity contribution in [3.05, 3.63) is 29.6 Å². The van der Waals surface area contributed by atoms with Gasteiger partial charge in [-0.25, -0.2) is 9.37 Å². The summed E-state index contributed by atoms with van der Waals surface area (Å²) in [6.45, 7) is 1.65. The van der Waals surface area contributed by atoms with Crippen LogP contribution in [0.2, 0.25) is 0 Å². The Morgan fingerprint density at radius 3 is 2.83 bits per heavy atom. The number of nitrogens with two attached hydrogens (primary N) is 1. The van der Waals surface area contributed by atoms with Crippen LogP contribution in [0.15, 0.2) is 18.2 Å². The predicted molar refractivity (Wildman–Crippen MR) is 62.5 cm³/mol. The largest absolute Gasteiger partial charge is 0.368 e. The number of nitrogens with zero attached hydrogens (tertiary/aromatic N) is 2. The van der Waals surface area contributed by atoms with Crippen LogP contribution in [0.1, 0.15) is 22.6 Å². The van der Waals surface area contributed by atoms with Gasteiger partial charge >= 0.3 is 0 Å². The van der Waals surface area contributed by atoms with E-state index in [2.05, 4.69) is 4.98 Å². The van der Waals surface area contributed by atoms with E-state index < -0.39 is 24.0 Å². The van der Waals surface area contributed by atoms with Gasteiger partial charge in [0.15, 0.2) is 0 Å². The first-order chi connectivity index (χ1) is 8.49. The summed E-state index contributed by atoms with van der Waals surface area (Å²) in [6.07, 6.45) is -1.25. The maximum Gasteiger partial charge on any atom is 0.273 e. The van der Waals surface area contributed by atoms with Crippen LogP contribution in [-0.2, 0) is 4.79 Å². The number of aromatic nitrogens is 1. The van der Waals surface area contributed by atoms with E-state index >= 15 is 0 Å². The Morgan fingerprint density at radius 2 is 2.22 bits per heavy atom. The summed E-state index contributed by atoms with van der Waals surface area (Å²) < 4.78 is 13.3. The van der Waals surface area contributed by atoms with Crippen molar-refractivity contribution in [2.45, 2.75) is 25.6 Å². The molecule has 96 valence electrons. The second kappa shape index (κ2) is 4.72. The molecule has 2 atom stereocenters. The Labute approximate surface area is 104 Å². The van der Waals surface area contributed by atoms with Crippen LogP contribution in [0.3, 0.4) is 0 Å². The van der Waals surface area contributed by atoms with Crippen molar-refractivity contribution in [3.8, 4) is 0 Å². The standard InChI is InChI=1S/C12H14FN3O2/c1-7-3-2-4-9(15-7)12(18)16-6-8(13)5-10(16)11(14)17/h2-4,8,10H,5-6H2,1H3,(H2,14,17)/t8-,10+/m1/s1. The zero-order chi connectivity index (χ0) is 13.3. The van der Waals surface area contributed by atoms with Crippen molar-refractivity contribution in [3.63, 3.8) is 0 Å². The Hall–Kier alpha value is -1.98. The molecule has 5 nitrogen and oxygen atoms in total. The van der Waals surface area contributed by atoms with E-state index in [0.717, 1.165) is 4.90 Å². The lowest BCUT2D eigenvalue weighted by Crippen LogP contribution is -2.44. The fourth-order valence-corrected chi connectivity index (χ4v) is 2.09. The van der Waals surface area contributed by atoms with Gasteiger partial charge in [-0.05, 0) is 19.1 Å². The minimum Gasteiger partial charge on any atom is -0.368 e. The van der Waals surface area contributed by atoms with E-state index in [4.69, 9.17) is 5.73 Å². The van der Waals surface area contributed by atoms with Crippen molar-refractivity contribution < 1.29 is 14.0 Å². The number of carbonyl (C=O) groups is 2. The van der Waals surface area contributed by atoms with Crippen molar-refractivity contribution in [1.82, 2.24) is 9.88 Å². The number of rotatable bonds is 2. The summed E-state index contributed by atoms with van der Waals surface area (Å²) in [5, 5.41) is 0. The summed E-state index contributed by atoms with van der Waals surface area (Å²) >= 11 is 0. The number of amides is 2. The molecular formula is C12H14FN3O2. The monoisotopic (exact) mass is 251 g/mol. The third kappa shape index (κ3) is 2.32. The summed E-state index contributed by atoms with van der Waals surface area (Å²) in [4.78, 5) is 28.6. The average molecular weight is 251 g/mol. The molecule has 1 aliphatic heterocycles. The lowest BCUT2D eigenvalue weighted by Gasteiger charge is -2.21. The fraction of sp³-hybridized carbons (Fsp3) is 0.417. The van der Waals surface area contributed by atoms with Crippen LogP contribution in [0.5, 0.6) is 0 Å². The van der Waals surface area contributed by atoms with Crippen LogP contribution in [-0.4, -0.2) is 40.5 Å². The second-order valence-corrected chi connectivity index (χ2v) is 4.37. The minimum absolute atomic E-state index is 0.0348. The van der Waals surface area contributed by atoms with E-state index in [1.165, 1.54) is 0 Å². The van der Waals surface area contributed by atoms with Gasteiger partial charge in [0.25, 0.3) is 5.91 Å². The van der Waals surface area contributed by atoms with E-state index in [0.29, 0.717) is 5.69 Å². The smallest absolute Gasteiger partial charge is 0.273 e. The fourth-order valence-electron chi connectivity index (χ4n) is 2.09. The SMILES string of the molecule is Cc1cccc(C(=O)N2C[C@H](F)C[C@H]2C(N)=O)n1. The Bertz CT molecular complexity index is 492. The van der Waals surface area contributed by atoms with Gasteiger partial charge in [-0.3, -0.25) is 9.59 Å². The molecule has 0 aromatic carbocycles. The number of likely N-dealkylation sites (tertiary alicyclic amines) is 1. The van der Waals surface area contributed by atoms with Crippen molar-refractivity contribution >= 4 is 11.8 Å². The normalized spacial score (nSPS) is 23.1. The summed E-state index contributed by atoms with van der Waals surface area (Å²) in [6, 6.07) is 4.11. The summed E-state index contributed by atoms with van der Waals surface area (Å²) in [5.41, 5.74) is 6.07. The Balaban J connectivity index is 2.25. The molecule has 1 fully saturated rings. The number of hydrogen-bond acceptors (Lipinski definition) is 3. The molecule has 2 rings (SSSR count). The lowest BCUT2D eigenvalue weighted by atomic mass is 10.2. The van der Waals surface area contributed by atoms with Gasteiger partial charge in [-0.2, -0.15) is 0 Å². The first kappa shape index (κ1) is 12.5. The zero-order valence-corrected chi connectivity index (χ0v) is 9.97. The molecule has 1 saturated heterocycles. The van der Waals surface area contributed by atoms with Crippen LogP contribution in [0.25, 0.3) is 0 Å². The van der Waals surface area contributed by atoms with Gasteiger partial charge in [-0.15, -0.1) is 0 Å². The molecule has 0 unspecified atom stereocenters. The molecule has 2 N–H and O–H groups in total. The first-order valence-electron chi connectivity index (χ1n) is 5.67. The number of aryl methyl sites for hydroxylation is 1. The molecule has 1 aliphatic rings. The molecule has 2 heterocycles. The highest BCUT2D eigenvalue weighted by Crippen LogP contribution is 2.22. The second-order valence-electron chi connectivity index (χ2n) is 4.37. The summed E-state index contributed by atoms with van der Waals surface area (Å²) in [5.74, 6) is -1.14. The number of primary amides is 1. The predicted octanol–water partition coefficient (Wildman–Crippen LogP) is 0.428. The number of hydrogen-bond donors (Lipinski definition) is 1. The molecular weight excluding hydrogens is 237 g/mol.